The van der Waals surface area contributed by atoms with E-state index in [-0.39, 0.29) is 50.5 Å². The second-order valence-corrected chi connectivity index (χ2v) is 10.2. The van der Waals surface area contributed by atoms with Gasteiger partial charge in [-0.2, -0.15) is 4.99 Å². The molecule has 0 atom stereocenters. The van der Waals surface area contributed by atoms with Gasteiger partial charge < -0.3 is 45.2 Å². The molecule has 0 saturated carbocycles. The minimum Gasteiger partial charge on any atom is -0.494 e. The lowest BCUT2D eigenvalue weighted by Crippen LogP contribution is -2.18. The number of carbonyl (C=O) groups excluding carboxylic acids is 3. The third-order valence-electron chi connectivity index (χ3n) is 6.31. The zero-order chi connectivity index (χ0) is 34.3. The summed E-state index contributed by atoms with van der Waals surface area (Å²) in [6.45, 7) is 9.24. The average Bonchev–Trinajstić information content (AvgIpc) is 3.03. The summed E-state index contributed by atoms with van der Waals surface area (Å²) in [7, 11) is 0. The fourth-order valence-corrected chi connectivity index (χ4v) is 4.34. The van der Waals surface area contributed by atoms with Crippen LogP contribution < -0.4 is 30.6 Å². The number of esters is 1. The monoisotopic (exact) mass is 650 g/mol. The second-order valence-electron chi connectivity index (χ2n) is 10.2. The van der Waals surface area contributed by atoms with Gasteiger partial charge in [0.1, 0.15) is 11.6 Å². The lowest BCUT2D eigenvalue weighted by Gasteiger charge is -2.20. The highest BCUT2D eigenvalue weighted by molar-refractivity contribution is 6.09. The lowest BCUT2D eigenvalue weighted by atomic mass is 10.1. The molecule has 0 aromatic heterocycles. The first kappa shape index (κ1) is 36.2. The van der Waals surface area contributed by atoms with Crippen LogP contribution in [0.1, 0.15) is 61.7 Å². The largest absolute Gasteiger partial charge is 0.494 e. The number of aliphatic hydroxyl groups is 1. The van der Waals surface area contributed by atoms with E-state index in [4.69, 9.17) is 29.4 Å². The highest BCUT2D eigenvalue weighted by atomic mass is 16.6. The highest BCUT2D eigenvalue weighted by Gasteiger charge is 2.19. The van der Waals surface area contributed by atoms with Gasteiger partial charge in [0.25, 0.3) is 5.91 Å². The SMILES string of the molecule is CCOC(=O)COc1c(CNc2ccc(OCC)cc2C(=O)Nc2ccc(/C(N)=N/C(=O)OCC)cc2)cc(CO)cc1OC(C)C. The number of amidine groups is 1. The molecule has 252 valence electrons. The number of rotatable bonds is 16. The van der Waals surface area contributed by atoms with Gasteiger partial charge in [-0.05, 0) is 94.8 Å². The number of anilines is 2. The quantitative estimate of drug-likeness (QED) is 0.0927. The Morgan fingerprint density at radius 3 is 2.28 bits per heavy atom. The van der Waals surface area contributed by atoms with Crippen LogP contribution in [-0.4, -0.2) is 61.4 Å². The van der Waals surface area contributed by atoms with Crippen LogP contribution in [0.25, 0.3) is 0 Å². The number of benzene rings is 3. The normalized spacial score (nSPS) is 11.1. The van der Waals surface area contributed by atoms with Crippen LogP contribution >= 0.6 is 0 Å². The number of aliphatic imine (C=N–C) groups is 1. The maximum atomic E-state index is 13.6. The van der Waals surface area contributed by atoms with Crippen molar-refractivity contribution in [1.82, 2.24) is 0 Å². The summed E-state index contributed by atoms with van der Waals surface area (Å²) >= 11 is 0. The van der Waals surface area contributed by atoms with E-state index in [1.807, 2.05) is 20.8 Å². The van der Waals surface area contributed by atoms with E-state index in [2.05, 4.69) is 15.6 Å². The molecule has 2 amide bonds. The standard InChI is InChI=1S/C34H42N4O9/c1-6-43-26-13-14-28(27(17-26)33(41)37-25-11-9-23(10-12-25)32(35)38-34(42)45-8-3)36-18-24-15-22(19-39)16-29(47-21(4)5)31(24)46-20-30(40)44-7-2/h9-17,21,36,39H,6-8,18-20H2,1-5H3,(H,37,41)(H2,35,38,42). The number of nitrogens with one attached hydrogen (secondary N) is 2. The minimum atomic E-state index is -0.791. The molecule has 3 rings (SSSR count). The Hall–Kier alpha value is -5.30. The van der Waals surface area contributed by atoms with Crippen LogP contribution in [0.4, 0.5) is 16.2 Å². The van der Waals surface area contributed by atoms with Crippen molar-refractivity contribution in [3.05, 3.63) is 76.9 Å². The summed E-state index contributed by atoms with van der Waals surface area (Å²) in [6, 6.07) is 14.9. The number of carbonyl (C=O) groups is 3. The molecule has 13 heteroatoms. The van der Waals surface area contributed by atoms with E-state index in [0.717, 1.165) is 0 Å². The summed E-state index contributed by atoms with van der Waals surface area (Å²) in [4.78, 5) is 41.0. The van der Waals surface area contributed by atoms with Crippen molar-refractivity contribution in [2.24, 2.45) is 10.7 Å². The number of aliphatic hydroxyl groups excluding tert-OH is 1. The minimum absolute atomic E-state index is 0.0185. The number of hydrogen-bond donors (Lipinski definition) is 4. The number of hydrogen-bond acceptors (Lipinski definition) is 10. The number of ether oxygens (including phenoxy) is 5. The van der Waals surface area contributed by atoms with Crippen LogP contribution in [0.15, 0.2) is 59.6 Å². The van der Waals surface area contributed by atoms with Gasteiger partial charge in [-0.15, -0.1) is 0 Å². The Labute approximate surface area is 274 Å². The maximum Gasteiger partial charge on any atom is 0.435 e. The highest BCUT2D eigenvalue weighted by Crippen LogP contribution is 2.35. The average molecular weight is 651 g/mol. The molecule has 0 aliphatic carbocycles. The van der Waals surface area contributed by atoms with Crippen molar-refractivity contribution < 1.29 is 43.2 Å². The van der Waals surface area contributed by atoms with E-state index in [1.54, 1.807) is 68.4 Å². The molecule has 0 heterocycles. The van der Waals surface area contributed by atoms with Gasteiger partial charge in [0.2, 0.25) is 0 Å². The van der Waals surface area contributed by atoms with Crippen molar-refractivity contribution in [2.45, 2.75) is 53.9 Å². The molecule has 0 radical (unpaired) electrons. The summed E-state index contributed by atoms with van der Waals surface area (Å²) < 4.78 is 27.3. The van der Waals surface area contributed by atoms with Gasteiger partial charge in [-0.3, -0.25) is 4.79 Å². The van der Waals surface area contributed by atoms with Crippen molar-refractivity contribution in [3.63, 3.8) is 0 Å². The third kappa shape index (κ3) is 10.9. The zero-order valence-corrected chi connectivity index (χ0v) is 27.3. The molecule has 0 aliphatic rings. The van der Waals surface area contributed by atoms with E-state index in [9.17, 15) is 19.5 Å². The first-order chi connectivity index (χ1) is 22.6. The van der Waals surface area contributed by atoms with Gasteiger partial charge in [-0.25, -0.2) is 9.59 Å². The van der Waals surface area contributed by atoms with Crippen LogP contribution in [-0.2, 0) is 27.4 Å². The molecule has 0 aliphatic heterocycles. The van der Waals surface area contributed by atoms with E-state index >= 15 is 0 Å². The molecule has 0 spiro atoms. The third-order valence-corrected chi connectivity index (χ3v) is 6.31. The van der Waals surface area contributed by atoms with Crippen molar-refractivity contribution in [2.75, 3.05) is 37.1 Å². The fraction of sp³-hybridized carbons (Fsp3) is 0.353. The number of amides is 2. The smallest absolute Gasteiger partial charge is 0.435 e. The predicted molar refractivity (Wildman–Crippen MR) is 177 cm³/mol. The molecule has 3 aromatic carbocycles. The Balaban J connectivity index is 1.90. The zero-order valence-electron chi connectivity index (χ0n) is 27.3. The molecular weight excluding hydrogens is 608 g/mol. The number of nitrogens with zero attached hydrogens (tertiary/aromatic N) is 1. The van der Waals surface area contributed by atoms with Gasteiger partial charge in [0.15, 0.2) is 18.1 Å². The van der Waals surface area contributed by atoms with Gasteiger partial charge in [0.05, 0.1) is 38.1 Å². The first-order valence-corrected chi connectivity index (χ1v) is 15.2. The van der Waals surface area contributed by atoms with Crippen LogP contribution in [0, 0.1) is 0 Å². The Morgan fingerprint density at radius 2 is 1.64 bits per heavy atom. The molecule has 0 saturated heterocycles. The van der Waals surface area contributed by atoms with Crippen molar-refractivity contribution in [3.8, 4) is 17.2 Å². The molecule has 3 aromatic rings. The maximum absolute atomic E-state index is 13.6. The summed E-state index contributed by atoms with van der Waals surface area (Å²) in [5.41, 5.74) is 8.77. The molecule has 47 heavy (non-hydrogen) atoms. The van der Waals surface area contributed by atoms with Gasteiger partial charge >= 0.3 is 12.1 Å². The summed E-state index contributed by atoms with van der Waals surface area (Å²) in [5.74, 6) is 0.167. The summed E-state index contributed by atoms with van der Waals surface area (Å²) in [6.07, 6.45) is -1.01. The van der Waals surface area contributed by atoms with Crippen LogP contribution in [0.3, 0.4) is 0 Å². The number of nitrogens with two attached hydrogens (primary N) is 1. The van der Waals surface area contributed by atoms with E-state index in [1.165, 1.54) is 0 Å². The molecule has 0 unspecified atom stereocenters. The van der Waals surface area contributed by atoms with Crippen LogP contribution in [0.5, 0.6) is 17.2 Å². The molecule has 0 fully saturated rings. The van der Waals surface area contributed by atoms with Gasteiger partial charge in [-0.1, -0.05) is 0 Å². The molecule has 5 N–H and O–H groups in total. The topological polar surface area (TPSA) is 180 Å². The Morgan fingerprint density at radius 1 is 0.915 bits per heavy atom. The second kappa shape index (κ2) is 18.0. The Kier molecular flexibility index (Phi) is 13.9. The van der Waals surface area contributed by atoms with E-state index < -0.39 is 18.0 Å². The summed E-state index contributed by atoms with van der Waals surface area (Å²) in [5, 5.41) is 16.1. The molecular formula is C34H42N4O9. The Bertz CT molecular complexity index is 1560. The van der Waals surface area contributed by atoms with E-state index in [0.29, 0.717) is 51.9 Å². The van der Waals surface area contributed by atoms with Gasteiger partial charge in [0, 0.05) is 29.0 Å². The fourth-order valence-electron chi connectivity index (χ4n) is 4.34. The predicted octanol–water partition coefficient (Wildman–Crippen LogP) is 5.03. The van der Waals surface area contributed by atoms with Crippen LogP contribution in [0.2, 0.25) is 0 Å². The van der Waals surface area contributed by atoms with Crippen molar-refractivity contribution in [1.29, 1.82) is 0 Å². The molecule has 13 nitrogen and oxygen atoms in total. The van der Waals surface area contributed by atoms with Crippen molar-refractivity contribution >= 4 is 35.2 Å². The lowest BCUT2D eigenvalue weighted by molar-refractivity contribution is -0.145. The molecule has 0 bridgehead atoms. The first-order valence-electron chi connectivity index (χ1n) is 15.2.